The molecule has 4 N–H and O–H groups in total. The van der Waals surface area contributed by atoms with Crippen LogP contribution in [0.25, 0.3) is 22.2 Å². The molecular weight excluding hydrogens is 612 g/mol. The van der Waals surface area contributed by atoms with Crippen LogP contribution in [0.15, 0.2) is 79.0 Å². The topological polar surface area (TPSA) is 169 Å². The number of methoxy groups -OCH3 is 1. The number of carbonyl (C=O) groups excluding carboxylic acids is 2. The zero-order valence-electron chi connectivity index (χ0n) is 26.4. The molecule has 13 heteroatoms. The smallest absolute Gasteiger partial charge is 0.319 e. The molecule has 3 amide bonds. The molecule has 48 heavy (non-hydrogen) atoms. The number of ether oxygens (including phenoxy) is 1. The van der Waals surface area contributed by atoms with Crippen molar-refractivity contribution < 1.29 is 19.2 Å². The van der Waals surface area contributed by atoms with Crippen LogP contribution in [0.3, 0.4) is 0 Å². The molecule has 2 aliphatic carbocycles. The summed E-state index contributed by atoms with van der Waals surface area (Å²) in [4.78, 5) is 40.4. The fourth-order valence-electron chi connectivity index (χ4n) is 7.45. The van der Waals surface area contributed by atoms with Crippen molar-refractivity contribution >= 4 is 34.2 Å². The van der Waals surface area contributed by atoms with E-state index in [1.54, 1.807) is 19.4 Å². The first-order chi connectivity index (χ1) is 23.3. The number of benzene rings is 3. The van der Waals surface area contributed by atoms with Gasteiger partial charge in [-0.1, -0.05) is 35.5 Å². The Morgan fingerprint density at radius 2 is 1.90 bits per heavy atom. The first-order valence-electron chi connectivity index (χ1n) is 16.1. The molecule has 0 radical (unpaired) electrons. The lowest BCUT2D eigenvalue weighted by molar-refractivity contribution is -0.383. The first-order valence-corrected chi connectivity index (χ1v) is 16.1. The van der Waals surface area contributed by atoms with Gasteiger partial charge in [0.15, 0.2) is 0 Å². The molecule has 3 unspecified atom stereocenters. The average molecular weight is 649 g/mol. The van der Waals surface area contributed by atoms with E-state index in [4.69, 9.17) is 4.74 Å². The minimum Gasteiger partial charge on any atom is -0.497 e. The summed E-state index contributed by atoms with van der Waals surface area (Å²) < 4.78 is 7.16. The number of H-pyrrole nitrogens is 1. The molecule has 2 saturated carbocycles. The van der Waals surface area contributed by atoms with Crippen LogP contribution in [0.4, 0.5) is 16.2 Å². The fraction of sp³-hybridized carbons (Fsp3) is 0.314. The number of aromatic nitrogens is 4. The van der Waals surface area contributed by atoms with Crippen molar-refractivity contribution in [1.29, 1.82) is 0 Å². The molecule has 13 nitrogen and oxygen atoms in total. The second-order valence-corrected chi connectivity index (χ2v) is 12.6. The molecule has 0 aliphatic heterocycles. The molecule has 2 bridgehead atoms. The average Bonchev–Trinajstić information content (AvgIpc) is 3.89. The maximum atomic E-state index is 13.6. The van der Waals surface area contributed by atoms with Crippen molar-refractivity contribution in [2.45, 2.75) is 56.7 Å². The van der Waals surface area contributed by atoms with Gasteiger partial charge in [-0.25, -0.2) is 9.48 Å². The van der Waals surface area contributed by atoms with Gasteiger partial charge in [-0.3, -0.25) is 14.9 Å². The fourth-order valence-corrected chi connectivity index (χ4v) is 7.45. The van der Waals surface area contributed by atoms with Crippen molar-refractivity contribution in [2.75, 3.05) is 12.4 Å². The maximum Gasteiger partial charge on any atom is 0.319 e. The number of nitrogens with zero attached hydrogens (tertiary/aromatic N) is 4. The number of aromatic amines is 1. The first kappa shape index (κ1) is 30.9. The third-order valence-corrected chi connectivity index (χ3v) is 9.68. The summed E-state index contributed by atoms with van der Waals surface area (Å²) in [5, 5.41) is 29.7. The van der Waals surface area contributed by atoms with Crippen LogP contribution in [-0.4, -0.2) is 49.5 Å². The molecule has 2 aromatic heterocycles. The summed E-state index contributed by atoms with van der Waals surface area (Å²) in [6, 6.07) is 21.4. The number of aryl methyl sites for hydroxylation is 1. The largest absolute Gasteiger partial charge is 0.497 e. The molecule has 5 aromatic rings. The Morgan fingerprint density at radius 1 is 1.10 bits per heavy atom. The number of nitrogens with one attached hydrogen (secondary N) is 4. The maximum absolute atomic E-state index is 13.6. The van der Waals surface area contributed by atoms with E-state index in [0.29, 0.717) is 24.5 Å². The minimum absolute atomic E-state index is 0.00203. The second kappa shape index (κ2) is 12.8. The predicted molar refractivity (Wildman–Crippen MR) is 179 cm³/mol. The summed E-state index contributed by atoms with van der Waals surface area (Å²) in [5.41, 5.74) is 4.21. The number of anilines is 1. The number of rotatable bonds is 11. The molecule has 2 heterocycles. The highest BCUT2D eigenvalue weighted by atomic mass is 16.6. The van der Waals surface area contributed by atoms with Crippen LogP contribution >= 0.6 is 0 Å². The van der Waals surface area contributed by atoms with E-state index in [2.05, 4.69) is 43.4 Å². The highest BCUT2D eigenvalue weighted by Gasteiger charge is 2.54. The Labute approximate surface area is 276 Å². The minimum atomic E-state index is -0.590. The van der Waals surface area contributed by atoms with Crippen molar-refractivity contribution in [3.63, 3.8) is 0 Å². The highest BCUT2D eigenvalue weighted by Crippen LogP contribution is 2.53. The van der Waals surface area contributed by atoms with Crippen LogP contribution in [0.5, 0.6) is 5.75 Å². The van der Waals surface area contributed by atoms with Gasteiger partial charge in [0.05, 0.1) is 36.4 Å². The molecule has 2 fully saturated rings. The number of hydrogen-bond donors (Lipinski definition) is 4. The van der Waals surface area contributed by atoms with E-state index in [9.17, 15) is 19.7 Å². The summed E-state index contributed by atoms with van der Waals surface area (Å²) in [5.74, 6) is 1.28. The zero-order chi connectivity index (χ0) is 33.3. The molecule has 2 aliphatic rings. The molecule has 3 aromatic carbocycles. The van der Waals surface area contributed by atoms with Gasteiger partial charge in [0.1, 0.15) is 17.1 Å². The van der Waals surface area contributed by atoms with Gasteiger partial charge in [-0.15, -0.1) is 5.10 Å². The monoisotopic (exact) mass is 648 g/mol. The third-order valence-electron chi connectivity index (χ3n) is 9.68. The summed E-state index contributed by atoms with van der Waals surface area (Å²) >= 11 is 0. The Kier molecular flexibility index (Phi) is 8.26. The molecule has 246 valence electrons. The standard InChI is InChI=1S/C35H36N8O5/c1-48-25-12-10-23(11-13-25)33-27(26-6-2-3-7-28(26)37-33)14-15-32(44)39-35-17-16-22(19-35)18-31(35)42-21-24(40-41-42)20-36-34(45)38-29-8-4-5-9-30(29)43(46)47/h2-13,21-22,31,37H,14-20H2,1H3,(H,39,44)(H2,36,38,45). The Bertz CT molecular complexity index is 1990. The van der Waals surface area contributed by atoms with Gasteiger partial charge in [0.2, 0.25) is 5.91 Å². The van der Waals surface area contributed by atoms with Gasteiger partial charge < -0.3 is 25.7 Å². The molecule has 7 rings (SSSR count). The quantitative estimate of drug-likeness (QED) is 0.102. The van der Waals surface area contributed by atoms with Crippen LogP contribution in [0, 0.1) is 16.0 Å². The van der Waals surface area contributed by atoms with Crippen LogP contribution in [0.2, 0.25) is 0 Å². The Balaban J connectivity index is 1.01. The number of urea groups is 1. The number of hydrogen-bond acceptors (Lipinski definition) is 7. The SMILES string of the molecule is COc1ccc(-c2[nH]c3ccccc3c2CCC(=O)NC23CCC(CC2n2cc(CNC(=O)Nc4ccccc4[N+](=O)[O-])nn2)C3)cc1. The molecule has 3 atom stereocenters. The summed E-state index contributed by atoms with van der Waals surface area (Å²) in [6.45, 7) is 0.0864. The summed E-state index contributed by atoms with van der Waals surface area (Å²) in [6.07, 6.45) is 6.41. The number of para-hydroxylation sites is 3. The normalized spacial score (nSPS) is 19.7. The van der Waals surface area contributed by atoms with Crippen molar-refractivity contribution in [3.05, 3.63) is 100 Å². The van der Waals surface area contributed by atoms with Gasteiger partial charge >= 0.3 is 6.03 Å². The molecule has 0 saturated heterocycles. The van der Waals surface area contributed by atoms with Gasteiger partial charge in [0.25, 0.3) is 5.69 Å². The zero-order valence-corrected chi connectivity index (χ0v) is 26.4. The lowest BCUT2D eigenvalue weighted by Crippen LogP contribution is -2.51. The Hall–Kier alpha value is -5.72. The Morgan fingerprint density at radius 3 is 2.69 bits per heavy atom. The van der Waals surface area contributed by atoms with E-state index in [0.717, 1.165) is 59.2 Å². The number of carbonyl (C=O) groups is 2. The third kappa shape index (κ3) is 6.06. The summed E-state index contributed by atoms with van der Waals surface area (Å²) in [7, 11) is 1.65. The number of amides is 3. The van der Waals surface area contributed by atoms with Crippen molar-refractivity contribution in [1.82, 2.24) is 30.6 Å². The van der Waals surface area contributed by atoms with Crippen LogP contribution in [-0.2, 0) is 17.8 Å². The predicted octanol–water partition coefficient (Wildman–Crippen LogP) is 5.90. The van der Waals surface area contributed by atoms with E-state index < -0.39 is 16.5 Å². The van der Waals surface area contributed by atoms with E-state index in [1.807, 2.05) is 41.1 Å². The van der Waals surface area contributed by atoms with Gasteiger partial charge in [-0.05, 0) is 85.5 Å². The number of nitro benzene ring substituents is 1. The van der Waals surface area contributed by atoms with E-state index in [-0.39, 0.29) is 29.9 Å². The number of nitro groups is 1. The van der Waals surface area contributed by atoms with Crippen molar-refractivity contribution in [3.8, 4) is 17.0 Å². The van der Waals surface area contributed by atoms with Crippen LogP contribution in [0.1, 0.15) is 49.4 Å². The number of fused-ring (bicyclic) bond motifs is 3. The second-order valence-electron chi connectivity index (χ2n) is 12.6. The van der Waals surface area contributed by atoms with Gasteiger partial charge in [-0.2, -0.15) is 0 Å². The lowest BCUT2D eigenvalue weighted by atomic mass is 9.88. The van der Waals surface area contributed by atoms with Gasteiger partial charge in [0, 0.05) is 29.1 Å². The molecule has 0 spiro atoms. The van der Waals surface area contributed by atoms with E-state index >= 15 is 0 Å². The highest BCUT2D eigenvalue weighted by molar-refractivity contribution is 5.92. The lowest BCUT2D eigenvalue weighted by Gasteiger charge is -2.36. The van der Waals surface area contributed by atoms with E-state index in [1.165, 1.54) is 18.2 Å². The van der Waals surface area contributed by atoms with Crippen molar-refractivity contribution in [2.24, 2.45) is 5.92 Å². The van der Waals surface area contributed by atoms with Crippen LogP contribution < -0.4 is 20.7 Å². The molecular formula is C35H36N8O5.